The van der Waals surface area contributed by atoms with Crippen LogP contribution in [-0.2, 0) is 6.54 Å². The van der Waals surface area contributed by atoms with E-state index in [-0.39, 0.29) is 0 Å². The highest BCUT2D eigenvalue weighted by atomic mass is 32.1. The SMILES string of the molecule is CCNCc1c(N(CC)c2ccccc2)nc2sccn12. The molecular weight excluding hydrogens is 280 g/mol. The van der Waals surface area contributed by atoms with E-state index in [2.05, 4.69) is 64.3 Å². The zero-order valence-electron chi connectivity index (χ0n) is 12.4. The number of fused-ring (bicyclic) bond motifs is 1. The molecule has 3 aromatic rings. The normalized spacial score (nSPS) is 11.1. The summed E-state index contributed by atoms with van der Waals surface area (Å²) in [6.45, 7) is 6.97. The lowest BCUT2D eigenvalue weighted by Gasteiger charge is -2.22. The van der Waals surface area contributed by atoms with E-state index >= 15 is 0 Å². The van der Waals surface area contributed by atoms with Gasteiger partial charge in [0.25, 0.3) is 0 Å². The molecule has 3 rings (SSSR count). The average molecular weight is 300 g/mol. The Morgan fingerprint density at radius 3 is 2.76 bits per heavy atom. The monoisotopic (exact) mass is 300 g/mol. The first-order valence-electron chi connectivity index (χ1n) is 7.32. The van der Waals surface area contributed by atoms with Crippen molar-refractivity contribution in [2.45, 2.75) is 20.4 Å². The Hall–Kier alpha value is -1.85. The molecule has 2 aromatic heterocycles. The highest BCUT2D eigenvalue weighted by Crippen LogP contribution is 2.30. The van der Waals surface area contributed by atoms with Crippen LogP contribution in [-0.4, -0.2) is 22.5 Å². The zero-order valence-corrected chi connectivity index (χ0v) is 13.2. The molecule has 1 aromatic carbocycles. The van der Waals surface area contributed by atoms with E-state index in [4.69, 9.17) is 4.98 Å². The average Bonchev–Trinajstić information content (AvgIpc) is 3.09. The summed E-state index contributed by atoms with van der Waals surface area (Å²) in [7, 11) is 0. The molecule has 0 fully saturated rings. The van der Waals surface area contributed by atoms with Gasteiger partial charge < -0.3 is 10.2 Å². The van der Waals surface area contributed by atoms with Crippen molar-refractivity contribution in [1.29, 1.82) is 0 Å². The number of para-hydroxylation sites is 1. The maximum atomic E-state index is 4.84. The summed E-state index contributed by atoms with van der Waals surface area (Å²) in [4.78, 5) is 8.16. The fraction of sp³-hybridized carbons (Fsp3) is 0.312. The molecule has 4 nitrogen and oxygen atoms in total. The van der Waals surface area contributed by atoms with Crippen molar-refractivity contribution in [2.75, 3.05) is 18.0 Å². The van der Waals surface area contributed by atoms with E-state index in [1.165, 1.54) is 11.4 Å². The summed E-state index contributed by atoms with van der Waals surface area (Å²) in [6, 6.07) is 10.4. The first kappa shape index (κ1) is 14.1. The zero-order chi connectivity index (χ0) is 14.7. The molecule has 0 atom stereocenters. The summed E-state index contributed by atoms with van der Waals surface area (Å²) in [5.41, 5.74) is 2.40. The molecule has 0 aliphatic carbocycles. The molecule has 0 bridgehead atoms. The topological polar surface area (TPSA) is 32.6 Å². The van der Waals surface area contributed by atoms with Gasteiger partial charge in [-0.3, -0.25) is 4.40 Å². The highest BCUT2D eigenvalue weighted by molar-refractivity contribution is 7.15. The molecule has 0 radical (unpaired) electrons. The number of thiazole rings is 1. The quantitative estimate of drug-likeness (QED) is 0.754. The van der Waals surface area contributed by atoms with Gasteiger partial charge in [-0.1, -0.05) is 25.1 Å². The first-order chi connectivity index (χ1) is 10.3. The Morgan fingerprint density at radius 2 is 2.05 bits per heavy atom. The van der Waals surface area contributed by atoms with Crippen LogP contribution in [0.5, 0.6) is 0 Å². The number of imidazole rings is 1. The van der Waals surface area contributed by atoms with Crippen LogP contribution >= 0.6 is 11.3 Å². The van der Waals surface area contributed by atoms with Crippen molar-refractivity contribution in [3.8, 4) is 0 Å². The molecule has 0 unspecified atom stereocenters. The molecular formula is C16H20N4S. The lowest BCUT2D eigenvalue weighted by molar-refractivity contribution is 0.705. The number of rotatable bonds is 6. The Labute approximate surface area is 129 Å². The van der Waals surface area contributed by atoms with Crippen molar-refractivity contribution in [3.63, 3.8) is 0 Å². The maximum Gasteiger partial charge on any atom is 0.195 e. The van der Waals surface area contributed by atoms with Gasteiger partial charge in [-0.2, -0.15) is 0 Å². The van der Waals surface area contributed by atoms with Gasteiger partial charge in [0.15, 0.2) is 10.8 Å². The van der Waals surface area contributed by atoms with Crippen LogP contribution in [0.3, 0.4) is 0 Å². The minimum atomic E-state index is 0.826. The molecule has 0 aliphatic rings. The van der Waals surface area contributed by atoms with Gasteiger partial charge in [-0.15, -0.1) is 11.3 Å². The van der Waals surface area contributed by atoms with Crippen LogP contribution in [0.15, 0.2) is 41.9 Å². The molecule has 0 spiro atoms. The number of benzene rings is 1. The lowest BCUT2D eigenvalue weighted by Crippen LogP contribution is -2.21. The fourth-order valence-corrected chi connectivity index (χ4v) is 3.24. The molecule has 21 heavy (non-hydrogen) atoms. The van der Waals surface area contributed by atoms with Crippen LogP contribution < -0.4 is 10.2 Å². The molecule has 5 heteroatoms. The van der Waals surface area contributed by atoms with Crippen molar-refractivity contribution in [2.24, 2.45) is 0 Å². The lowest BCUT2D eigenvalue weighted by atomic mass is 10.2. The van der Waals surface area contributed by atoms with Crippen LogP contribution in [0, 0.1) is 0 Å². The summed E-state index contributed by atoms with van der Waals surface area (Å²) in [5.74, 6) is 1.05. The van der Waals surface area contributed by atoms with Gasteiger partial charge in [-0.25, -0.2) is 4.98 Å². The van der Waals surface area contributed by atoms with E-state index in [9.17, 15) is 0 Å². The van der Waals surface area contributed by atoms with Gasteiger partial charge in [0.1, 0.15) is 0 Å². The number of nitrogens with one attached hydrogen (secondary N) is 1. The summed E-state index contributed by atoms with van der Waals surface area (Å²) >= 11 is 1.68. The Kier molecular flexibility index (Phi) is 4.22. The molecule has 0 amide bonds. The second kappa shape index (κ2) is 6.28. The van der Waals surface area contributed by atoms with Crippen molar-refractivity contribution >= 4 is 27.8 Å². The molecule has 0 saturated carbocycles. The van der Waals surface area contributed by atoms with Gasteiger partial charge in [-0.05, 0) is 25.6 Å². The number of aromatic nitrogens is 2. The van der Waals surface area contributed by atoms with Crippen LogP contribution in [0.4, 0.5) is 11.5 Å². The third-order valence-electron chi connectivity index (χ3n) is 3.52. The van der Waals surface area contributed by atoms with Crippen LogP contribution in [0.1, 0.15) is 19.5 Å². The number of hydrogen-bond acceptors (Lipinski definition) is 4. The third kappa shape index (κ3) is 2.66. The fourth-order valence-electron chi connectivity index (χ4n) is 2.51. The van der Waals surface area contributed by atoms with E-state index in [0.29, 0.717) is 0 Å². The minimum Gasteiger partial charge on any atom is -0.325 e. The van der Waals surface area contributed by atoms with Crippen molar-refractivity contribution in [1.82, 2.24) is 14.7 Å². The molecule has 0 saturated heterocycles. The number of hydrogen-bond donors (Lipinski definition) is 1. The van der Waals surface area contributed by atoms with Crippen LogP contribution in [0.25, 0.3) is 4.96 Å². The first-order valence-corrected chi connectivity index (χ1v) is 8.20. The largest absolute Gasteiger partial charge is 0.325 e. The van der Waals surface area contributed by atoms with E-state index in [0.717, 1.165) is 30.4 Å². The molecule has 1 N–H and O–H groups in total. The summed E-state index contributed by atoms with van der Waals surface area (Å²) in [5, 5.41) is 5.50. The minimum absolute atomic E-state index is 0.826. The molecule has 2 heterocycles. The van der Waals surface area contributed by atoms with E-state index in [1.807, 2.05) is 6.07 Å². The second-order valence-electron chi connectivity index (χ2n) is 4.80. The highest BCUT2D eigenvalue weighted by Gasteiger charge is 2.18. The second-order valence-corrected chi connectivity index (χ2v) is 5.67. The Balaban J connectivity index is 2.06. The predicted octanol–water partition coefficient (Wildman–Crippen LogP) is 3.66. The Bertz CT molecular complexity index is 701. The van der Waals surface area contributed by atoms with Crippen molar-refractivity contribution in [3.05, 3.63) is 47.6 Å². The van der Waals surface area contributed by atoms with Crippen LogP contribution in [0.2, 0.25) is 0 Å². The number of anilines is 2. The maximum absolute atomic E-state index is 4.84. The summed E-state index contributed by atoms with van der Waals surface area (Å²) in [6.07, 6.45) is 2.10. The summed E-state index contributed by atoms with van der Waals surface area (Å²) < 4.78 is 2.19. The number of nitrogens with zero attached hydrogens (tertiary/aromatic N) is 3. The van der Waals surface area contributed by atoms with Gasteiger partial charge in [0.2, 0.25) is 0 Å². The standard InChI is InChI=1S/C16H20N4S/c1-3-17-12-14-15(18-16-20(14)10-11-21-16)19(4-2)13-8-6-5-7-9-13/h5-11,17H,3-4,12H2,1-2H3. The van der Waals surface area contributed by atoms with Gasteiger partial charge in [0, 0.05) is 30.4 Å². The molecule has 0 aliphatic heterocycles. The van der Waals surface area contributed by atoms with Crippen molar-refractivity contribution < 1.29 is 0 Å². The van der Waals surface area contributed by atoms with Gasteiger partial charge >= 0.3 is 0 Å². The van der Waals surface area contributed by atoms with E-state index < -0.39 is 0 Å². The molecule has 110 valence electrons. The third-order valence-corrected chi connectivity index (χ3v) is 4.28. The van der Waals surface area contributed by atoms with Gasteiger partial charge in [0.05, 0.1) is 5.69 Å². The predicted molar refractivity (Wildman–Crippen MR) is 89.6 cm³/mol. The van der Waals surface area contributed by atoms with E-state index in [1.54, 1.807) is 11.3 Å². The smallest absolute Gasteiger partial charge is 0.195 e. The Morgan fingerprint density at radius 1 is 1.24 bits per heavy atom.